The van der Waals surface area contributed by atoms with E-state index in [0.29, 0.717) is 24.1 Å². The van der Waals surface area contributed by atoms with Crippen LogP contribution in [0.5, 0.6) is 0 Å². The van der Waals surface area contributed by atoms with Gasteiger partial charge >= 0.3 is 5.97 Å². The maximum Gasteiger partial charge on any atom is 0.362 e. The van der Waals surface area contributed by atoms with Gasteiger partial charge in [-0.2, -0.15) is 0 Å². The predicted octanol–water partition coefficient (Wildman–Crippen LogP) is 4.01. The third kappa shape index (κ3) is 4.41. The zero-order valence-corrected chi connectivity index (χ0v) is 18.6. The average molecular weight is 410 g/mol. The largest absolute Gasteiger partial charge is 0.457 e. The van der Waals surface area contributed by atoms with E-state index in [1.807, 2.05) is 67.3 Å². The lowest BCUT2D eigenvalue weighted by molar-refractivity contribution is -0.932. The van der Waals surface area contributed by atoms with E-state index in [1.165, 1.54) is 0 Å². The van der Waals surface area contributed by atoms with Crippen LogP contribution < -0.4 is 4.90 Å². The number of para-hydroxylation sites is 1. The van der Waals surface area contributed by atoms with Crippen LogP contribution in [0.15, 0.2) is 48.5 Å². The molecule has 1 aliphatic rings. The maximum absolute atomic E-state index is 13.5. The van der Waals surface area contributed by atoms with Crippen LogP contribution in [0.1, 0.15) is 37.0 Å². The second-order valence-corrected chi connectivity index (χ2v) is 8.19. The van der Waals surface area contributed by atoms with Gasteiger partial charge in [0.15, 0.2) is 12.6 Å². The number of nitrogens with zero attached hydrogens (tertiary/aromatic N) is 2. The van der Waals surface area contributed by atoms with Gasteiger partial charge in [-0.05, 0) is 44.4 Å². The van der Waals surface area contributed by atoms with Gasteiger partial charge in [-0.1, -0.05) is 48.5 Å². The molecule has 5 nitrogen and oxygen atoms in total. The summed E-state index contributed by atoms with van der Waals surface area (Å²) in [5.74, 6) is -0.132. The quantitative estimate of drug-likeness (QED) is 0.489. The Morgan fingerprint density at radius 3 is 2.27 bits per heavy atom. The van der Waals surface area contributed by atoms with Crippen LogP contribution in [-0.2, 0) is 20.9 Å². The van der Waals surface area contributed by atoms with Crippen LogP contribution in [0, 0.1) is 13.8 Å². The molecule has 0 bridgehead atoms. The smallest absolute Gasteiger partial charge is 0.362 e. The molecule has 1 unspecified atom stereocenters. The Hall–Kier alpha value is -2.66. The van der Waals surface area contributed by atoms with Crippen molar-refractivity contribution < 1.29 is 18.8 Å². The number of hydrogen-bond acceptors (Lipinski definition) is 3. The van der Waals surface area contributed by atoms with Gasteiger partial charge < -0.3 is 14.1 Å². The highest BCUT2D eigenvalue weighted by Gasteiger charge is 2.48. The Morgan fingerprint density at radius 2 is 1.67 bits per heavy atom. The summed E-state index contributed by atoms with van der Waals surface area (Å²) in [6, 6.07) is 15.6. The maximum atomic E-state index is 13.5. The molecule has 1 heterocycles. The molecule has 30 heavy (non-hydrogen) atoms. The number of hydrogen-bond donors (Lipinski definition) is 0. The first-order chi connectivity index (χ1) is 14.4. The van der Waals surface area contributed by atoms with Crippen LogP contribution in [0.25, 0.3) is 0 Å². The molecule has 2 aromatic rings. The Kier molecular flexibility index (Phi) is 6.93. The van der Waals surface area contributed by atoms with Crippen molar-refractivity contribution in [3.05, 3.63) is 65.2 Å². The minimum atomic E-state index is -0.249. The number of carbonyl (C=O) groups is 2. The van der Waals surface area contributed by atoms with Gasteiger partial charge in [0.25, 0.3) is 5.91 Å². The first kappa shape index (κ1) is 22.0. The number of ether oxygens (including phenoxy) is 1. The van der Waals surface area contributed by atoms with Crippen molar-refractivity contribution in [3.8, 4) is 0 Å². The molecule has 1 saturated heterocycles. The molecular weight excluding hydrogens is 376 g/mol. The highest BCUT2D eigenvalue weighted by molar-refractivity contribution is 6.00. The standard InChI is InChI=1S/C25H33N2O3/c1-5-27(6-2,17-23(28)30-18-21-13-8-7-9-14-21)22-15-16-26(25(22)29)24-19(3)11-10-12-20(24)4/h7-14,22H,5-6,15-18H2,1-4H3/q+1. The zero-order valence-electron chi connectivity index (χ0n) is 18.6. The summed E-state index contributed by atoms with van der Waals surface area (Å²) in [5, 5.41) is 0. The van der Waals surface area contributed by atoms with E-state index in [0.717, 1.165) is 28.8 Å². The topological polar surface area (TPSA) is 46.6 Å². The van der Waals surface area contributed by atoms with Crippen molar-refractivity contribution in [1.29, 1.82) is 0 Å². The summed E-state index contributed by atoms with van der Waals surface area (Å²) in [4.78, 5) is 28.1. The van der Waals surface area contributed by atoms with Crippen molar-refractivity contribution in [2.24, 2.45) is 0 Å². The molecule has 1 atom stereocenters. The van der Waals surface area contributed by atoms with Crippen LogP contribution in [0.2, 0.25) is 0 Å². The third-order valence-corrected chi connectivity index (χ3v) is 6.49. The number of amides is 1. The number of carbonyl (C=O) groups excluding carboxylic acids is 2. The summed E-state index contributed by atoms with van der Waals surface area (Å²) in [6.45, 7) is 10.8. The number of aryl methyl sites for hydroxylation is 2. The van der Waals surface area contributed by atoms with E-state index in [9.17, 15) is 9.59 Å². The lowest BCUT2D eigenvalue weighted by Crippen LogP contribution is -2.60. The van der Waals surface area contributed by atoms with Crippen molar-refractivity contribution in [2.45, 2.75) is 46.8 Å². The molecule has 5 heteroatoms. The predicted molar refractivity (Wildman–Crippen MR) is 119 cm³/mol. The van der Waals surface area contributed by atoms with E-state index in [1.54, 1.807) is 0 Å². The molecule has 1 fully saturated rings. The van der Waals surface area contributed by atoms with Crippen LogP contribution >= 0.6 is 0 Å². The molecule has 0 aliphatic carbocycles. The Bertz CT molecular complexity index is 870. The van der Waals surface area contributed by atoms with Crippen molar-refractivity contribution in [1.82, 2.24) is 0 Å². The lowest BCUT2D eigenvalue weighted by atomic mass is 10.1. The molecule has 1 amide bonds. The van der Waals surface area contributed by atoms with Gasteiger partial charge in [0.05, 0.1) is 13.1 Å². The second-order valence-electron chi connectivity index (χ2n) is 8.19. The number of anilines is 1. The molecule has 3 rings (SSSR count). The van der Waals surface area contributed by atoms with Gasteiger partial charge in [-0.3, -0.25) is 4.79 Å². The minimum Gasteiger partial charge on any atom is -0.457 e. The van der Waals surface area contributed by atoms with Crippen LogP contribution in [0.4, 0.5) is 5.69 Å². The SMILES string of the molecule is CC[N+](CC)(CC(=O)OCc1ccccc1)C1CCN(c2c(C)cccc2C)C1=O. The molecule has 160 valence electrons. The summed E-state index contributed by atoms with van der Waals surface area (Å²) in [7, 11) is 0. The van der Waals surface area contributed by atoms with E-state index in [-0.39, 0.29) is 31.1 Å². The van der Waals surface area contributed by atoms with Crippen molar-refractivity contribution in [3.63, 3.8) is 0 Å². The third-order valence-electron chi connectivity index (χ3n) is 6.49. The number of esters is 1. The molecule has 0 spiro atoms. The summed E-state index contributed by atoms with van der Waals surface area (Å²) in [6.07, 6.45) is 0.750. The Balaban J connectivity index is 1.75. The van der Waals surface area contributed by atoms with Gasteiger partial charge in [-0.25, -0.2) is 4.79 Å². The summed E-state index contributed by atoms with van der Waals surface area (Å²) < 4.78 is 5.99. The first-order valence-electron chi connectivity index (χ1n) is 10.8. The Labute approximate surface area is 179 Å². The number of likely N-dealkylation sites (N-methyl/N-ethyl adjacent to an activating group) is 1. The fourth-order valence-electron chi connectivity index (χ4n) is 4.67. The van der Waals surface area contributed by atoms with Gasteiger partial charge in [0.1, 0.15) is 6.61 Å². The van der Waals surface area contributed by atoms with E-state index < -0.39 is 0 Å². The summed E-state index contributed by atoms with van der Waals surface area (Å²) in [5.41, 5.74) is 4.20. The average Bonchev–Trinajstić information content (AvgIpc) is 3.13. The fraction of sp³-hybridized carbons (Fsp3) is 0.440. The molecule has 0 saturated carbocycles. The van der Waals surface area contributed by atoms with E-state index >= 15 is 0 Å². The lowest BCUT2D eigenvalue weighted by Gasteiger charge is -2.40. The number of rotatable bonds is 8. The van der Waals surface area contributed by atoms with Crippen LogP contribution in [0.3, 0.4) is 0 Å². The molecule has 2 aromatic carbocycles. The Morgan fingerprint density at radius 1 is 1.03 bits per heavy atom. The minimum absolute atomic E-state index is 0.118. The molecule has 0 radical (unpaired) electrons. The fourth-order valence-corrected chi connectivity index (χ4v) is 4.67. The van der Waals surface area contributed by atoms with Crippen molar-refractivity contribution in [2.75, 3.05) is 31.1 Å². The van der Waals surface area contributed by atoms with Gasteiger partial charge in [-0.15, -0.1) is 0 Å². The molecule has 0 N–H and O–H groups in total. The monoisotopic (exact) mass is 409 g/mol. The van der Waals surface area contributed by atoms with Crippen LogP contribution in [-0.4, -0.2) is 48.6 Å². The number of benzene rings is 2. The van der Waals surface area contributed by atoms with Crippen molar-refractivity contribution >= 4 is 17.6 Å². The highest BCUT2D eigenvalue weighted by atomic mass is 16.5. The first-order valence-corrected chi connectivity index (χ1v) is 10.8. The zero-order chi connectivity index (χ0) is 21.7. The highest BCUT2D eigenvalue weighted by Crippen LogP contribution is 2.32. The second kappa shape index (κ2) is 9.43. The number of quaternary nitrogens is 1. The molecule has 1 aliphatic heterocycles. The summed E-state index contributed by atoms with van der Waals surface area (Å²) >= 11 is 0. The molecular formula is C25H33N2O3+. The van der Waals surface area contributed by atoms with E-state index in [2.05, 4.69) is 13.8 Å². The molecule has 0 aromatic heterocycles. The normalized spacial score (nSPS) is 16.7. The van der Waals surface area contributed by atoms with Gasteiger partial charge in [0, 0.05) is 18.7 Å². The van der Waals surface area contributed by atoms with Gasteiger partial charge in [0.2, 0.25) is 0 Å². The van der Waals surface area contributed by atoms with E-state index in [4.69, 9.17) is 4.74 Å².